The Hall–Kier alpha value is -1.49. The fraction of sp³-hybridized carbons (Fsp3) is 0.737. The van der Waals surface area contributed by atoms with Crippen LogP contribution >= 0.6 is 0 Å². The largest absolute Gasteiger partial charge is 0.469 e. The molecule has 2 aliphatic heterocycles. The van der Waals surface area contributed by atoms with Crippen molar-refractivity contribution in [1.29, 1.82) is 0 Å². The number of nitrogens with zero attached hydrogens (tertiary/aromatic N) is 3. The van der Waals surface area contributed by atoms with Crippen LogP contribution in [0.5, 0.6) is 0 Å². The van der Waals surface area contributed by atoms with Crippen molar-refractivity contribution < 1.29 is 4.42 Å². The van der Waals surface area contributed by atoms with E-state index in [1.165, 1.54) is 38.8 Å². The Balaban J connectivity index is 1.52. The van der Waals surface area contributed by atoms with E-state index < -0.39 is 0 Å². The second-order valence-electron chi connectivity index (χ2n) is 6.95. The summed E-state index contributed by atoms with van der Waals surface area (Å²) in [5, 5.41) is 3.57. The van der Waals surface area contributed by atoms with Gasteiger partial charge in [-0.25, -0.2) is 0 Å². The van der Waals surface area contributed by atoms with Gasteiger partial charge in [-0.2, -0.15) is 0 Å². The van der Waals surface area contributed by atoms with E-state index in [-0.39, 0.29) is 0 Å². The summed E-state index contributed by atoms with van der Waals surface area (Å²) in [6, 6.07) is 4.71. The van der Waals surface area contributed by atoms with E-state index >= 15 is 0 Å². The van der Waals surface area contributed by atoms with Gasteiger partial charge in [-0.3, -0.25) is 9.89 Å². The van der Waals surface area contributed by atoms with Gasteiger partial charge in [0.05, 0.1) is 6.26 Å². The van der Waals surface area contributed by atoms with Crippen LogP contribution in [-0.4, -0.2) is 61.1 Å². The lowest BCUT2D eigenvalue weighted by atomic mass is 10.2. The van der Waals surface area contributed by atoms with E-state index in [4.69, 9.17) is 9.41 Å². The van der Waals surface area contributed by atoms with Gasteiger partial charge in [0, 0.05) is 38.6 Å². The van der Waals surface area contributed by atoms with E-state index in [1.807, 2.05) is 12.1 Å². The molecule has 134 valence electrons. The number of hydrogen-bond donors (Lipinski definition) is 1. The first-order valence-corrected chi connectivity index (χ1v) is 9.66. The Labute approximate surface area is 146 Å². The highest BCUT2D eigenvalue weighted by molar-refractivity contribution is 5.80. The lowest BCUT2D eigenvalue weighted by molar-refractivity contribution is 0.249. The zero-order chi connectivity index (χ0) is 16.6. The number of furan rings is 1. The quantitative estimate of drug-likeness (QED) is 0.474. The minimum atomic E-state index is 0.718. The van der Waals surface area contributed by atoms with Gasteiger partial charge in [-0.1, -0.05) is 13.3 Å². The van der Waals surface area contributed by atoms with Crippen molar-refractivity contribution in [3.05, 3.63) is 24.2 Å². The third-order valence-corrected chi connectivity index (χ3v) is 5.13. The van der Waals surface area contributed by atoms with Crippen LogP contribution in [0, 0.1) is 0 Å². The topological polar surface area (TPSA) is 44.0 Å². The summed E-state index contributed by atoms with van der Waals surface area (Å²) in [5.41, 5.74) is 0. The van der Waals surface area contributed by atoms with E-state index in [2.05, 4.69) is 22.0 Å². The smallest absolute Gasteiger partial charge is 0.193 e. The lowest BCUT2D eigenvalue weighted by Gasteiger charge is -2.25. The predicted molar refractivity (Wildman–Crippen MR) is 98.4 cm³/mol. The molecule has 1 aromatic heterocycles. The summed E-state index contributed by atoms with van der Waals surface area (Å²) in [7, 11) is 0. The summed E-state index contributed by atoms with van der Waals surface area (Å²) in [6.07, 6.45) is 9.01. The highest BCUT2D eigenvalue weighted by Gasteiger charge is 2.30. The molecule has 5 nitrogen and oxygen atoms in total. The van der Waals surface area contributed by atoms with Crippen molar-refractivity contribution in [3.8, 4) is 0 Å². The van der Waals surface area contributed by atoms with Crippen LogP contribution in [0.15, 0.2) is 27.8 Å². The van der Waals surface area contributed by atoms with Gasteiger partial charge >= 0.3 is 0 Å². The highest BCUT2D eigenvalue weighted by atomic mass is 16.3. The number of aliphatic imine (C=N–C) groups is 1. The van der Waals surface area contributed by atoms with Crippen LogP contribution in [0.3, 0.4) is 0 Å². The van der Waals surface area contributed by atoms with Crippen LogP contribution in [0.1, 0.15) is 44.8 Å². The van der Waals surface area contributed by atoms with Crippen molar-refractivity contribution in [1.82, 2.24) is 15.1 Å². The number of likely N-dealkylation sites (tertiary alicyclic amines) is 2. The third kappa shape index (κ3) is 4.76. The summed E-state index contributed by atoms with van der Waals surface area (Å²) >= 11 is 0. The summed E-state index contributed by atoms with van der Waals surface area (Å²) in [5.74, 6) is 2.13. The fourth-order valence-corrected chi connectivity index (χ4v) is 3.70. The van der Waals surface area contributed by atoms with Gasteiger partial charge in [0.2, 0.25) is 0 Å². The zero-order valence-electron chi connectivity index (χ0n) is 15.0. The zero-order valence-corrected chi connectivity index (χ0v) is 15.0. The molecular weight excluding hydrogens is 300 g/mol. The SMILES string of the molecule is CCCCN=C(NCCc1ccco1)N1CCC(N2CCCC2)C1. The molecule has 0 aromatic carbocycles. The molecule has 24 heavy (non-hydrogen) atoms. The third-order valence-electron chi connectivity index (χ3n) is 5.13. The Morgan fingerprint density at radius 2 is 2.21 bits per heavy atom. The summed E-state index contributed by atoms with van der Waals surface area (Å²) in [4.78, 5) is 9.99. The molecule has 0 bridgehead atoms. The Kier molecular flexibility index (Phi) is 6.58. The first kappa shape index (κ1) is 17.3. The Morgan fingerprint density at radius 3 is 2.96 bits per heavy atom. The summed E-state index contributed by atoms with van der Waals surface area (Å²) < 4.78 is 5.42. The van der Waals surface area contributed by atoms with E-state index in [1.54, 1.807) is 6.26 Å². The van der Waals surface area contributed by atoms with Crippen molar-refractivity contribution in [3.63, 3.8) is 0 Å². The van der Waals surface area contributed by atoms with Gasteiger partial charge in [0.1, 0.15) is 5.76 Å². The second kappa shape index (κ2) is 9.11. The molecule has 1 atom stereocenters. The maximum atomic E-state index is 5.42. The van der Waals surface area contributed by atoms with Crippen molar-refractivity contribution in [2.75, 3.05) is 39.3 Å². The molecule has 5 heteroatoms. The van der Waals surface area contributed by atoms with E-state index in [0.717, 1.165) is 56.8 Å². The molecule has 3 rings (SSSR count). The number of unbranched alkanes of at least 4 members (excludes halogenated alkanes) is 1. The summed E-state index contributed by atoms with van der Waals surface area (Å²) in [6.45, 7) is 8.84. The van der Waals surface area contributed by atoms with Crippen LogP contribution in [0.4, 0.5) is 0 Å². The van der Waals surface area contributed by atoms with Crippen LogP contribution in [0.2, 0.25) is 0 Å². The Morgan fingerprint density at radius 1 is 1.33 bits per heavy atom. The molecule has 1 unspecified atom stereocenters. The first-order valence-electron chi connectivity index (χ1n) is 9.66. The number of guanidine groups is 1. The monoisotopic (exact) mass is 332 g/mol. The molecule has 2 saturated heterocycles. The van der Waals surface area contributed by atoms with Crippen LogP contribution < -0.4 is 5.32 Å². The number of rotatable bonds is 7. The molecule has 3 heterocycles. The number of nitrogens with one attached hydrogen (secondary N) is 1. The van der Waals surface area contributed by atoms with E-state index in [0.29, 0.717) is 0 Å². The number of hydrogen-bond acceptors (Lipinski definition) is 3. The average molecular weight is 332 g/mol. The van der Waals surface area contributed by atoms with Gasteiger partial charge < -0.3 is 14.6 Å². The standard InChI is InChI=1S/C19H32N4O/c1-2-3-10-20-19(21-11-8-18-7-6-15-24-18)23-14-9-17(16-23)22-12-4-5-13-22/h6-7,15,17H,2-5,8-14,16H2,1H3,(H,20,21). The minimum absolute atomic E-state index is 0.718. The van der Waals surface area contributed by atoms with Crippen molar-refractivity contribution in [2.24, 2.45) is 4.99 Å². The highest BCUT2D eigenvalue weighted by Crippen LogP contribution is 2.20. The maximum Gasteiger partial charge on any atom is 0.193 e. The van der Waals surface area contributed by atoms with Crippen molar-refractivity contribution in [2.45, 2.75) is 51.5 Å². The lowest BCUT2D eigenvalue weighted by Crippen LogP contribution is -2.43. The second-order valence-corrected chi connectivity index (χ2v) is 6.95. The van der Waals surface area contributed by atoms with Gasteiger partial charge in [-0.15, -0.1) is 0 Å². The van der Waals surface area contributed by atoms with Crippen molar-refractivity contribution >= 4 is 5.96 Å². The minimum Gasteiger partial charge on any atom is -0.469 e. The molecule has 1 aromatic rings. The molecule has 0 radical (unpaired) electrons. The maximum absolute atomic E-state index is 5.42. The first-order chi connectivity index (χ1) is 11.9. The molecule has 2 fully saturated rings. The van der Waals surface area contributed by atoms with E-state index in [9.17, 15) is 0 Å². The fourth-order valence-electron chi connectivity index (χ4n) is 3.70. The Bertz CT molecular complexity index is 493. The van der Waals surface area contributed by atoms with Gasteiger partial charge in [0.25, 0.3) is 0 Å². The average Bonchev–Trinajstić information content (AvgIpc) is 3.33. The van der Waals surface area contributed by atoms with Crippen LogP contribution in [-0.2, 0) is 6.42 Å². The normalized spacial score (nSPS) is 22.5. The predicted octanol–water partition coefficient (Wildman–Crippen LogP) is 2.74. The molecular formula is C19H32N4O. The molecule has 0 saturated carbocycles. The van der Waals surface area contributed by atoms with Gasteiger partial charge in [-0.05, 0) is 50.9 Å². The van der Waals surface area contributed by atoms with Gasteiger partial charge in [0.15, 0.2) is 5.96 Å². The molecule has 0 spiro atoms. The molecule has 1 N–H and O–H groups in total. The molecule has 2 aliphatic rings. The molecule has 0 aliphatic carbocycles. The van der Waals surface area contributed by atoms with Crippen LogP contribution in [0.25, 0.3) is 0 Å². The molecule has 0 amide bonds.